The molecule has 4 nitrogen and oxygen atoms in total. The van der Waals surface area contributed by atoms with E-state index in [1.165, 1.54) is 0 Å². The van der Waals surface area contributed by atoms with Crippen LogP contribution in [0.25, 0.3) is 0 Å². The number of carbonyl (C=O) groups is 1. The van der Waals surface area contributed by atoms with Crippen molar-refractivity contribution >= 4 is 5.78 Å². The highest BCUT2D eigenvalue weighted by Gasteiger charge is 2.50. The minimum atomic E-state index is -0.762. The van der Waals surface area contributed by atoms with Crippen LogP contribution >= 0.6 is 0 Å². The van der Waals surface area contributed by atoms with Crippen LogP contribution in [0, 0.1) is 5.92 Å². The van der Waals surface area contributed by atoms with Crippen molar-refractivity contribution in [2.24, 2.45) is 5.92 Å². The molecular weight excluding hydrogens is 232 g/mol. The molecule has 0 aromatic heterocycles. The summed E-state index contributed by atoms with van der Waals surface area (Å²) < 4.78 is 16.7. The van der Waals surface area contributed by atoms with Gasteiger partial charge in [0.15, 0.2) is 5.78 Å². The van der Waals surface area contributed by atoms with Gasteiger partial charge in [-0.3, -0.25) is 4.79 Å². The number of hydrogen-bond donors (Lipinski definition) is 0. The van der Waals surface area contributed by atoms with Gasteiger partial charge in [0.25, 0.3) is 0 Å². The smallest absolute Gasteiger partial charge is 0.218 e. The van der Waals surface area contributed by atoms with Crippen molar-refractivity contribution in [2.75, 3.05) is 13.2 Å². The lowest BCUT2D eigenvalue weighted by Crippen LogP contribution is -2.41. The fourth-order valence-electron chi connectivity index (χ4n) is 2.68. The largest absolute Gasteiger partial charge is 0.369 e. The van der Waals surface area contributed by atoms with Gasteiger partial charge < -0.3 is 14.2 Å². The monoisotopic (exact) mass is 258 g/mol. The van der Waals surface area contributed by atoms with E-state index in [2.05, 4.69) is 0 Å². The van der Waals surface area contributed by atoms with Crippen LogP contribution in [0.3, 0.4) is 0 Å². The fraction of sp³-hybridized carbons (Fsp3) is 0.929. The van der Waals surface area contributed by atoms with Crippen LogP contribution in [0.1, 0.15) is 48.0 Å². The molecule has 0 aromatic rings. The van der Waals surface area contributed by atoms with E-state index in [-0.39, 0.29) is 17.3 Å². The minimum Gasteiger partial charge on any atom is -0.369 e. The second-order valence-corrected chi connectivity index (χ2v) is 5.87. The van der Waals surface area contributed by atoms with E-state index in [9.17, 15) is 4.79 Å². The Morgan fingerprint density at radius 2 is 1.72 bits per heavy atom. The Labute approximate surface area is 110 Å². The van der Waals surface area contributed by atoms with Gasteiger partial charge >= 0.3 is 0 Å². The van der Waals surface area contributed by atoms with Crippen LogP contribution in [0.15, 0.2) is 0 Å². The number of rotatable bonds is 6. The van der Waals surface area contributed by atoms with Crippen molar-refractivity contribution in [3.63, 3.8) is 0 Å². The first kappa shape index (κ1) is 15.6. The van der Waals surface area contributed by atoms with Crippen molar-refractivity contribution < 1.29 is 19.0 Å². The lowest BCUT2D eigenvalue weighted by molar-refractivity contribution is -0.176. The molecule has 1 atom stereocenters. The first-order chi connectivity index (χ1) is 8.23. The standard InChI is InChI=1S/C14H26O4/c1-7-16-12(17-8-2)11(15)10-9-13(3,4)18-14(10,5)6/h10,12H,7-9H2,1-6H3. The Kier molecular flexibility index (Phi) is 4.92. The van der Waals surface area contributed by atoms with Gasteiger partial charge in [0, 0.05) is 13.2 Å². The quantitative estimate of drug-likeness (QED) is 0.687. The highest BCUT2D eigenvalue weighted by atomic mass is 16.7. The molecule has 1 saturated heterocycles. The van der Waals surface area contributed by atoms with E-state index < -0.39 is 11.9 Å². The topological polar surface area (TPSA) is 44.8 Å². The Bertz CT molecular complexity index is 290. The van der Waals surface area contributed by atoms with Gasteiger partial charge in [-0.05, 0) is 48.0 Å². The molecule has 1 fully saturated rings. The predicted molar refractivity (Wildman–Crippen MR) is 69.4 cm³/mol. The summed E-state index contributed by atoms with van der Waals surface area (Å²) in [4.78, 5) is 12.5. The first-order valence-electron chi connectivity index (χ1n) is 6.70. The molecule has 0 spiro atoms. The first-order valence-corrected chi connectivity index (χ1v) is 6.70. The predicted octanol–water partition coefficient (Wildman–Crippen LogP) is 2.55. The van der Waals surface area contributed by atoms with E-state index in [4.69, 9.17) is 14.2 Å². The Morgan fingerprint density at radius 1 is 1.22 bits per heavy atom. The molecule has 0 N–H and O–H groups in total. The molecule has 0 aromatic carbocycles. The van der Waals surface area contributed by atoms with Crippen LogP contribution < -0.4 is 0 Å². The third-order valence-corrected chi connectivity index (χ3v) is 3.29. The lowest BCUT2D eigenvalue weighted by Gasteiger charge is -2.28. The molecule has 0 bridgehead atoms. The molecule has 0 aliphatic carbocycles. The summed E-state index contributed by atoms with van der Waals surface area (Å²) in [6, 6.07) is 0. The van der Waals surface area contributed by atoms with Crippen LogP contribution in [-0.2, 0) is 19.0 Å². The highest BCUT2D eigenvalue weighted by Crippen LogP contribution is 2.43. The van der Waals surface area contributed by atoms with Gasteiger partial charge in [-0.25, -0.2) is 0 Å². The fourth-order valence-corrected chi connectivity index (χ4v) is 2.68. The van der Waals surface area contributed by atoms with Gasteiger partial charge in [0.2, 0.25) is 6.29 Å². The van der Waals surface area contributed by atoms with Crippen LogP contribution in [-0.4, -0.2) is 36.5 Å². The van der Waals surface area contributed by atoms with Crippen molar-refractivity contribution in [1.82, 2.24) is 0 Å². The summed E-state index contributed by atoms with van der Waals surface area (Å²) >= 11 is 0. The number of hydrogen-bond acceptors (Lipinski definition) is 4. The number of Topliss-reactive ketones (excluding diaryl/α,β-unsaturated/α-hetero) is 1. The second-order valence-electron chi connectivity index (χ2n) is 5.87. The van der Waals surface area contributed by atoms with Gasteiger partial charge in [0.05, 0.1) is 17.1 Å². The second kappa shape index (κ2) is 5.68. The van der Waals surface area contributed by atoms with Crippen LogP contribution in [0.4, 0.5) is 0 Å². The molecule has 1 unspecified atom stereocenters. The average molecular weight is 258 g/mol. The maximum Gasteiger partial charge on any atom is 0.218 e. The van der Waals surface area contributed by atoms with Gasteiger partial charge in [-0.15, -0.1) is 0 Å². The molecule has 18 heavy (non-hydrogen) atoms. The summed E-state index contributed by atoms with van der Waals surface area (Å²) in [5.74, 6) is -0.190. The maximum absolute atomic E-state index is 12.5. The Hall–Kier alpha value is -0.450. The maximum atomic E-state index is 12.5. The van der Waals surface area contributed by atoms with E-state index in [1.54, 1.807) is 0 Å². The lowest BCUT2D eigenvalue weighted by atomic mass is 9.84. The Balaban J connectivity index is 2.81. The van der Waals surface area contributed by atoms with Crippen molar-refractivity contribution in [2.45, 2.75) is 65.5 Å². The van der Waals surface area contributed by atoms with E-state index in [0.29, 0.717) is 19.6 Å². The van der Waals surface area contributed by atoms with Crippen LogP contribution in [0.5, 0.6) is 0 Å². The SMILES string of the molecule is CCOC(OCC)C(=O)C1CC(C)(C)OC1(C)C. The summed E-state index contributed by atoms with van der Waals surface area (Å²) in [6.45, 7) is 12.6. The molecule has 0 amide bonds. The van der Waals surface area contributed by atoms with Crippen molar-refractivity contribution in [3.8, 4) is 0 Å². The Morgan fingerprint density at radius 3 is 2.06 bits per heavy atom. The molecule has 106 valence electrons. The zero-order valence-electron chi connectivity index (χ0n) is 12.4. The van der Waals surface area contributed by atoms with Crippen molar-refractivity contribution in [3.05, 3.63) is 0 Å². The van der Waals surface area contributed by atoms with E-state index in [1.807, 2.05) is 41.5 Å². The molecule has 0 radical (unpaired) electrons. The number of ether oxygens (including phenoxy) is 3. The summed E-state index contributed by atoms with van der Waals surface area (Å²) in [5, 5.41) is 0. The van der Waals surface area contributed by atoms with Crippen molar-refractivity contribution in [1.29, 1.82) is 0 Å². The third-order valence-electron chi connectivity index (χ3n) is 3.29. The molecule has 1 rings (SSSR count). The normalized spacial score (nSPS) is 25.6. The van der Waals surface area contributed by atoms with Crippen LogP contribution in [0.2, 0.25) is 0 Å². The summed E-state index contributed by atoms with van der Waals surface area (Å²) in [5.41, 5.74) is -0.736. The zero-order valence-corrected chi connectivity index (χ0v) is 12.4. The molecule has 1 aliphatic rings. The minimum absolute atomic E-state index is 0.00530. The molecular formula is C14H26O4. The van der Waals surface area contributed by atoms with Gasteiger partial charge in [0.1, 0.15) is 0 Å². The molecule has 1 aliphatic heterocycles. The van der Waals surface area contributed by atoms with E-state index >= 15 is 0 Å². The average Bonchev–Trinajstić information content (AvgIpc) is 2.45. The number of ketones is 1. The molecule has 0 saturated carbocycles. The summed E-state index contributed by atoms with van der Waals surface area (Å²) in [6.07, 6.45) is -0.0584. The zero-order chi connectivity index (χ0) is 14.0. The van der Waals surface area contributed by atoms with E-state index in [0.717, 1.165) is 0 Å². The number of carbonyl (C=O) groups excluding carboxylic acids is 1. The third kappa shape index (κ3) is 3.53. The molecule has 1 heterocycles. The molecule has 4 heteroatoms. The van der Waals surface area contributed by atoms with Gasteiger partial charge in [-0.2, -0.15) is 0 Å². The summed E-state index contributed by atoms with van der Waals surface area (Å²) in [7, 11) is 0. The van der Waals surface area contributed by atoms with Gasteiger partial charge in [-0.1, -0.05) is 0 Å². The highest BCUT2D eigenvalue weighted by molar-refractivity contribution is 5.85.